The molecule has 2 fully saturated rings. The number of piperidine rings is 1. The van der Waals surface area contributed by atoms with Crippen LogP contribution in [0.2, 0.25) is 0 Å². The summed E-state index contributed by atoms with van der Waals surface area (Å²) in [5, 5.41) is 11.7. The number of nitrogens with one attached hydrogen (secondary N) is 1. The summed E-state index contributed by atoms with van der Waals surface area (Å²) in [5.41, 5.74) is 1.78. The molecule has 4 rings (SSSR count). The van der Waals surface area contributed by atoms with Crippen molar-refractivity contribution in [1.82, 2.24) is 30.1 Å². The van der Waals surface area contributed by atoms with E-state index in [2.05, 4.69) is 44.8 Å². The Morgan fingerprint density at radius 2 is 1.93 bits per heavy atom. The number of carbonyl (C=O) groups excluding carboxylic acids is 1. The van der Waals surface area contributed by atoms with Crippen molar-refractivity contribution in [3.05, 3.63) is 47.8 Å². The van der Waals surface area contributed by atoms with Gasteiger partial charge in [0.15, 0.2) is 5.69 Å². The van der Waals surface area contributed by atoms with Gasteiger partial charge < -0.3 is 10.2 Å². The Balaban J connectivity index is 1.34. The van der Waals surface area contributed by atoms with Gasteiger partial charge in [0.25, 0.3) is 5.91 Å². The number of hydrogen-bond acceptors (Lipinski definition) is 5. The molecule has 3 heterocycles. The Labute approximate surface area is 160 Å². The van der Waals surface area contributed by atoms with Crippen LogP contribution in [0.25, 0.3) is 0 Å². The molecule has 1 amide bonds. The number of likely N-dealkylation sites (tertiary alicyclic amines) is 1. The second kappa shape index (κ2) is 8.63. The van der Waals surface area contributed by atoms with Gasteiger partial charge in [-0.2, -0.15) is 0 Å². The fourth-order valence-corrected chi connectivity index (χ4v) is 4.01. The van der Waals surface area contributed by atoms with Crippen LogP contribution in [0, 0.1) is 0 Å². The average Bonchev–Trinajstić information content (AvgIpc) is 3.22. The SMILES string of the molecule is O=C(c1cn(CCN2CCNCC2)nn1)N1CCC[C@@H](c2ccccc2)C1. The first kappa shape index (κ1) is 18.1. The van der Waals surface area contributed by atoms with Gasteiger partial charge in [-0.1, -0.05) is 35.5 Å². The summed E-state index contributed by atoms with van der Waals surface area (Å²) in [6.45, 7) is 7.49. The van der Waals surface area contributed by atoms with Gasteiger partial charge in [-0.25, -0.2) is 0 Å². The van der Waals surface area contributed by atoms with Crippen LogP contribution in [0.3, 0.4) is 0 Å². The van der Waals surface area contributed by atoms with Crippen LogP contribution < -0.4 is 5.32 Å². The summed E-state index contributed by atoms with van der Waals surface area (Å²) >= 11 is 0. The number of aromatic nitrogens is 3. The molecule has 7 nitrogen and oxygen atoms in total. The van der Waals surface area contributed by atoms with Crippen molar-refractivity contribution in [3.63, 3.8) is 0 Å². The predicted molar refractivity (Wildman–Crippen MR) is 104 cm³/mol. The first-order valence-corrected chi connectivity index (χ1v) is 9.97. The van der Waals surface area contributed by atoms with Crippen LogP contribution in [0.15, 0.2) is 36.5 Å². The van der Waals surface area contributed by atoms with Gasteiger partial charge in [0.05, 0.1) is 12.7 Å². The van der Waals surface area contributed by atoms with Gasteiger partial charge in [0.2, 0.25) is 0 Å². The van der Waals surface area contributed by atoms with Crippen LogP contribution in [0.5, 0.6) is 0 Å². The summed E-state index contributed by atoms with van der Waals surface area (Å²) in [5.74, 6) is 0.413. The molecule has 2 aromatic rings. The van der Waals surface area contributed by atoms with Crippen LogP contribution in [0.4, 0.5) is 0 Å². The fraction of sp³-hybridized carbons (Fsp3) is 0.550. The van der Waals surface area contributed by atoms with Crippen molar-refractivity contribution >= 4 is 5.91 Å². The van der Waals surface area contributed by atoms with E-state index in [1.165, 1.54) is 5.56 Å². The highest BCUT2D eigenvalue weighted by molar-refractivity contribution is 5.92. The molecule has 0 unspecified atom stereocenters. The monoisotopic (exact) mass is 368 g/mol. The van der Waals surface area contributed by atoms with Crippen molar-refractivity contribution in [2.45, 2.75) is 25.3 Å². The van der Waals surface area contributed by atoms with Crippen LogP contribution >= 0.6 is 0 Å². The fourth-order valence-electron chi connectivity index (χ4n) is 4.01. The third-order valence-electron chi connectivity index (χ3n) is 5.59. The predicted octanol–water partition coefficient (Wildman–Crippen LogP) is 1.20. The van der Waals surface area contributed by atoms with Crippen molar-refractivity contribution in [2.75, 3.05) is 45.8 Å². The summed E-state index contributed by atoms with van der Waals surface area (Å²) in [4.78, 5) is 17.2. The minimum Gasteiger partial charge on any atom is -0.337 e. The average molecular weight is 368 g/mol. The lowest BCUT2D eigenvalue weighted by Crippen LogP contribution is -2.44. The smallest absolute Gasteiger partial charge is 0.276 e. The normalized spacial score (nSPS) is 21.3. The van der Waals surface area contributed by atoms with Gasteiger partial charge in [0.1, 0.15) is 0 Å². The molecule has 0 aliphatic carbocycles. The van der Waals surface area contributed by atoms with Crippen LogP contribution in [-0.2, 0) is 6.54 Å². The molecule has 7 heteroatoms. The van der Waals surface area contributed by atoms with Crippen molar-refractivity contribution in [3.8, 4) is 0 Å². The molecule has 0 radical (unpaired) electrons. The highest BCUT2D eigenvalue weighted by Crippen LogP contribution is 2.27. The molecule has 27 heavy (non-hydrogen) atoms. The van der Waals surface area contributed by atoms with E-state index >= 15 is 0 Å². The summed E-state index contributed by atoms with van der Waals surface area (Å²) in [6, 6.07) is 10.5. The van der Waals surface area contributed by atoms with E-state index in [0.29, 0.717) is 11.6 Å². The lowest BCUT2D eigenvalue weighted by Gasteiger charge is -2.32. The van der Waals surface area contributed by atoms with E-state index in [-0.39, 0.29) is 5.91 Å². The molecule has 2 aliphatic heterocycles. The molecule has 0 spiro atoms. The zero-order valence-corrected chi connectivity index (χ0v) is 15.8. The molecule has 1 aromatic heterocycles. The third-order valence-corrected chi connectivity index (χ3v) is 5.59. The van der Waals surface area contributed by atoms with Gasteiger partial charge in [-0.15, -0.1) is 5.10 Å². The van der Waals surface area contributed by atoms with Crippen LogP contribution in [-0.4, -0.2) is 76.5 Å². The number of piperazine rings is 1. The maximum Gasteiger partial charge on any atom is 0.276 e. The highest BCUT2D eigenvalue weighted by Gasteiger charge is 2.27. The zero-order chi connectivity index (χ0) is 18.5. The molecular weight excluding hydrogens is 340 g/mol. The van der Waals surface area contributed by atoms with E-state index in [0.717, 1.165) is 65.2 Å². The van der Waals surface area contributed by atoms with Gasteiger partial charge in [0, 0.05) is 51.7 Å². The van der Waals surface area contributed by atoms with Gasteiger partial charge in [-0.05, 0) is 18.4 Å². The standard InChI is InChI=1S/C20H28N6O/c27-20(25-10-4-7-18(15-25)17-5-2-1-3-6-17)19-16-26(23-22-19)14-13-24-11-8-21-9-12-24/h1-3,5-6,16,18,21H,4,7-15H2/t18-/m1/s1. The quantitative estimate of drug-likeness (QED) is 0.859. The van der Waals surface area contributed by atoms with E-state index in [1.54, 1.807) is 10.9 Å². The molecule has 1 atom stereocenters. The number of benzene rings is 1. The maximum absolute atomic E-state index is 12.9. The molecule has 1 N–H and O–H groups in total. The number of carbonyl (C=O) groups is 1. The Kier molecular flexibility index (Phi) is 5.79. The van der Waals surface area contributed by atoms with E-state index in [1.807, 2.05) is 11.0 Å². The molecule has 0 saturated carbocycles. The zero-order valence-electron chi connectivity index (χ0n) is 15.8. The summed E-state index contributed by atoms with van der Waals surface area (Å²) < 4.78 is 1.80. The second-order valence-electron chi connectivity index (χ2n) is 7.46. The number of hydrogen-bond donors (Lipinski definition) is 1. The first-order chi connectivity index (χ1) is 13.3. The molecule has 1 aromatic carbocycles. The largest absolute Gasteiger partial charge is 0.337 e. The van der Waals surface area contributed by atoms with E-state index in [9.17, 15) is 4.79 Å². The Hall–Kier alpha value is -2.25. The number of amides is 1. The van der Waals surface area contributed by atoms with E-state index < -0.39 is 0 Å². The lowest BCUT2D eigenvalue weighted by molar-refractivity contribution is 0.0701. The highest BCUT2D eigenvalue weighted by atomic mass is 16.2. The lowest BCUT2D eigenvalue weighted by atomic mass is 9.90. The van der Waals surface area contributed by atoms with Crippen molar-refractivity contribution in [1.29, 1.82) is 0 Å². The van der Waals surface area contributed by atoms with Gasteiger partial charge >= 0.3 is 0 Å². The first-order valence-electron chi connectivity index (χ1n) is 9.97. The van der Waals surface area contributed by atoms with Crippen LogP contribution in [0.1, 0.15) is 34.8 Å². The molecule has 144 valence electrons. The molecule has 2 saturated heterocycles. The molecular formula is C20H28N6O. The second-order valence-corrected chi connectivity index (χ2v) is 7.46. The third kappa shape index (κ3) is 4.54. The van der Waals surface area contributed by atoms with Gasteiger partial charge in [-0.3, -0.25) is 14.4 Å². The number of rotatable bonds is 5. The van der Waals surface area contributed by atoms with Crippen molar-refractivity contribution < 1.29 is 4.79 Å². The Morgan fingerprint density at radius 1 is 1.11 bits per heavy atom. The Morgan fingerprint density at radius 3 is 2.74 bits per heavy atom. The maximum atomic E-state index is 12.9. The molecule has 0 bridgehead atoms. The number of nitrogens with zero attached hydrogens (tertiary/aromatic N) is 5. The summed E-state index contributed by atoms with van der Waals surface area (Å²) in [7, 11) is 0. The Bertz CT molecular complexity index is 740. The summed E-state index contributed by atoms with van der Waals surface area (Å²) in [6.07, 6.45) is 3.96. The molecule has 2 aliphatic rings. The van der Waals surface area contributed by atoms with E-state index in [4.69, 9.17) is 0 Å². The minimum absolute atomic E-state index is 0.00375. The van der Waals surface area contributed by atoms with Crippen molar-refractivity contribution in [2.24, 2.45) is 0 Å². The topological polar surface area (TPSA) is 66.3 Å². The minimum atomic E-state index is 0.00375.